The van der Waals surface area contributed by atoms with E-state index in [2.05, 4.69) is 128 Å². The molecule has 5 aromatic rings. The van der Waals surface area contributed by atoms with E-state index < -0.39 is 0 Å². The van der Waals surface area contributed by atoms with Gasteiger partial charge in [0.2, 0.25) is 0 Å². The predicted octanol–water partition coefficient (Wildman–Crippen LogP) is 9.08. The first kappa shape index (κ1) is 20.3. The van der Waals surface area contributed by atoms with Crippen LogP contribution in [-0.4, -0.2) is 4.98 Å². The van der Waals surface area contributed by atoms with Gasteiger partial charge in [-0.15, -0.1) is 0 Å². The average molecular weight is 450 g/mol. The fourth-order valence-corrected chi connectivity index (χ4v) is 6.19. The molecule has 1 nitrogen and oxygen atoms in total. The van der Waals surface area contributed by atoms with Gasteiger partial charge in [-0.3, -0.25) is 0 Å². The van der Waals surface area contributed by atoms with E-state index in [0.717, 1.165) is 6.42 Å². The van der Waals surface area contributed by atoms with E-state index in [1.807, 2.05) is 0 Å². The number of aromatic amines is 1. The van der Waals surface area contributed by atoms with Gasteiger partial charge in [0, 0.05) is 27.3 Å². The van der Waals surface area contributed by atoms with Crippen LogP contribution in [0, 0.1) is 0 Å². The summed E-state index contributed by atoms with van der Waals surface area (Å²) in [5.41, 5.74) is 13.2. The number of hydrogen-bond acceptors (Lipinski definition) is 0. The quantitative estimate of drug-likeness (QED) is 0.277. The van der Waals surface area contributed by atoms with E-state index in [-0.39, 0.29) is 5.41 Å². The van der Waals surface area contributed by atoms with Crippen molar-refractivity contribution in [1.29, 1.82) is 0 Å². The van der Waals surface area contributed by atoms with Crippen LogP contribution in [0.2, 0.25) is 0 Å². The highest BCUT2D eigenvalue weighted by Gasteiger charge is 2.36. The number of H-pyrrole nitrogens is 1. The van der Waals surface area contributed by atoms with Gasteiger partial charge in [0.25, 0.3) is 0 Å². The first-order valence-corrected chi connectivity index (χ1v) is 12.4. The molecule has 4 aromatic carbocycles. The molecule has 1 N–H and O–H groups in total. The first-order chi connectivity index (χ1) is 17.1. The van der Waals surface area contributed by atoms with Gasteiger partial charge in [0.1, 0.15) is 0 Å². The van der Waals surface area contributed by atoms with Crippen LogP contribution in [0.15, 0.2) is 115 Å². The van der Waals surface area contributed by atoms with Gasteiger partial charge in [-0.2, -0.15) is 0 Å². The lowest BCUT2D eigenvalue weighted by Crippen LogP contribution is -2.16. The van der Waals surface area contributed by atoms with E-state index in [0.29, 0.717) is 0 Å². The molecular weight excluding hydrogens is 422 g/mol. The summed E-state index contributed by atoms with van der Waals surface area (Å²) in [5.74, 6) is 0. The van der Waals surface area contributed by atoms with Gasteiger partial charge in [-0.1, -0.05) is 111 Å². The number of fused-ring (bicyclic) bond motifs is 5. The zero-order valence-corrected chi connectivity index (χ0v) is 20.1. The third-order valence-electron chi connectivity index (χ3n) is 7.91. The zero-order valence-electron chi connectivity index (χ0n) is 20.1. The summed E-state index contributed by atoms with van der Waals surface area (Å²) in [6, 6.07) is 33.0. The molecule has 0 amide bonds. The molecule has 7 rings (SSSR count). The Balaban J connectivity index is 1.44. The van der Waals surface area contributed by atoms with Gasteiger partial charge >= 0.3 is 0 Å². The van der Waals surface area contributed by atoms with Crippen LogP contribution in [0.4, 0.5) is 0 Å². The Hall–Kier alpha value is -4.10. The molecule has 0 atom stereocenters. The fraction of sp³-hybridized carbons (Fsp3) is 0.118. The van der Waals surface area contributed by atoms with Crippen molar-refractivity contribution in [3.63, 3.8) is 0 Å². The van der Waals surface area contributed by atoms with Crippen molar-refractivity contribution in [2.24, 2.45) is 0 Å². The number of nitrogens with one attached hydrogen (secondary N) is 1. The molecule has 2 aliphatic carbocycles. The molecule has 0 saturated carbocycles. The second-order valence-electron chi connectivity index (χ2n) is 10.2. The first-order valence-electron chi connectivity index (χ1n) is 12.4. The maximum absolute atomic E-state index is 3.70. The summed E-state index contributed by atoms with van der Waals surface area (Å²) in [6.07, 6.45) is 8.08. The normalized spacial score (nSPS) is 16.3. The Kier molecular flexibility index (Phi) is 4.32. The molecule has 0 fully saturated rings. The number of aromatic nitrogens is 1. The van der Waals surface area contributed by atoms with Crippen LogP contribution in [0.1, 0.15) is 37.0 Å². The van der Waals surface area contributed by atoms with Crippen LogP contribution < -0.4 is 0 Å². The molecule has 0 spiro atoms. The van der Waals surface area contributed by atoms with Crippen molar-refractivity contribution >= 4 is 33.0 Å². The van der Waals surface area contributed by atoms with Crippen LogP contribution >= 0.6 is 0 Å². The third kappa shape index (κ3) is 2.94. The lowest BCUT2D eigenvalue weighted by atomic mass is 9.80. The maximum Gasteiger partial charge on any atom is 0.0544 e. The van der Waals surface area contributed by atoms with E-state index in [9.17, 15) is 0 Å². The fourth-order valence-electron chi connectivity index (χ4n) is 6.19. The van der Waals surface area contributed by atoms with Crippen molar-refractivity contribution in [3.8, 4) is 11.1 Å². The molecule has 0 radical (unpaired) electrons. The van der Waals surface area contributed by atoms with Crippen LogP contribution in [0.25, 0.3) is 44.1 Å². The maximum atomic E-state index is 3.70. The highest BCUT2D eigenvalue weighted by molar-refractivity contribution is 6.12. The number of para-hydroxylation sites is 2. The minimum atomic E-state index is -0.00463. The molecule has 0 aliphatic heterocycles. The minimum absolute atomic E-state index is 0.00463. The van der Waals surface area contributed by atoms with Crippen molar-refractivity contribution in [1.82, 2.24) is 4.98 Å². The number of hydrogen-bond donors (Lipinski definition) is 1. The van der Waals surface area contributed by atoms with Gasteiger partial charge in [-0.05, 0) is 57.5 Å². The summed E-state index contributed by atoms with van der Waals surface area (Å²) in [5, 5.41) is 2.55. The Bertz CT molecular complexity index is 1740. The molecule has 1 heteroatoms. The second kappa shape index (κ2) is 7.45. The van der Waals surface area contributed by atoms with Crippen molar-refractivity contribution in [3.05, 3.63) is 131 Å². The largest absolute Gasteiger partial charge is 0.354 e. The lowest BCUT2D eigenvalue weighted by molar-refractivity contribution is 0.654. The highest BCUT2D eigenvalue weighted by atomic mass is 14.7. The molecule has 0 unspecified atom stereocenters. The average Bonchev–Trinajstić information content (AvgIpc) is 3.25. The molecule has 35 heavy (non-hydrogen) atoms. The van der Waals surface area contributed by atoms with E-state index in [1.165, 1.54) is 66.3 Å². The van der Waals surface area contributed by atoms with Gasteiger partial charge in [0.05, 0.1) is 5.52 Å². The lowest BCUT2D eigenvalue weighted by Gasteiger charge is -2.23. The van der Waals surface area contributed by atoms with Crippen molar-refractivity contribution in [2.45, 2.75) is 25.7 Å². The van der Waals surface area contributed by atoms with Crippen LogP contribution in [-0.2, 0) is 5.41 Å². The molecule has 0 saturated heterocycles. The van der Waals surface area contributed by atoms with Gasteiger partial charge in [0.15, 0.2) is 0 Å². The number of allylic oxidation sites excluding steroid dienone is 6. The van der Waals surface area contributed by atoms with Crippen LogP contribution in [0.5, 0.6) is 0 Å². The highest BCUT2D eigenvalue weighted by Crippen LogP contribution is 2.50. The second-order valence-corrected chi connectivity index (χ2v) is 10.2. The third-order valence-corrected chi connectivity index (χ3v) is 7.91. The Labute approximate surface area is 206 Å². The Morgan fingerprint density at radius 2 is 1.34 bits per heavy atom. The summed E-state index contributed by atoms with van der Waals surface area (Å²) in [4.78, 5) is 3.70. The molecule has 2 aliphatic rings. The van der Waals surface area contributed by atoms with Gasteiger partial charge in [-0.25, -0.2) is 0 Å². The zero-order chi connectivity index (χ0) is 23.6. The van der Waals surface area contributed by atoms with Gasteiger partial charge < -0.3 is 4.98 Å². The minimum Gasteiger partial charge on any atom is -0.354 e. The van der Waals surface area contributed by atoms with Crippen molar-refractivity contribution < 1.29 is 0 Å². The molecule has 1 heterocycles. The number of rotatable bonds is 2. The topological polar surface area (TPSA) is 15.8 Å². The summed E-state index contributed by atoms with van der Waals surface area (Å²) >= 11 is 0. The summed E-state index contributed by atoms with van der Waals surface area (Å²) < 4.78 is 0. The van der Waals surface area contributed by atoms with E-state index >= 15 is 0 Å². The summed E-state index contributed by atoms with van der Waals surface area (Å²) in [7, 11) is 0. The molecular formula is C34H27N. The van der Waals surface area contributed by atoms with E-state index in [4.69, 9.17) is 0 Å². The molecule has 168 valence electrons. The Morgan fingerprint density at radius 3 is 2.23 bits per heavy atom. The van der Waals surface area contributed by atoms with Crippen LogP contribution in [0.3, 0.4) is 0 Å². The molecule has 0 bridgehead atoms. The smallest absolute Gasteiger partial charge is 0.0544 e. The standard InChI is InChI=1S/C34H27N/c1-34(2)30-19-7-5-14-25(30)26-16-9-11-22(21-31(26)34)23-12-3-4-13-24(23)28-17-10-18-29-27-15-6-8-20-32(27)35-33(28)29/h3-15,17-21,35H,16H2,1-2H3. The SMILES string of the molecule is CC1(C)C2=C(CC=CC(c3ccccc3-c3cccc4c3[nH]c3ccccc34)=C2)c2ccccc21. The predicted molar refractivity (Wildman–Crippen MR) is 149 cm³/mol. The van der Waals surface area contributed by atoms with Crippen molar-refractivity contribution in [2.75, 3.05) is 0 Å². The monoisotopic (exact) mass is 449 g/mol. The Morgan fingerprint density at radius 1 is 0.657 bits per heavy atom. The van der Waals surface area contributed by atoms with E-state index in [1.54, 1.807) is 0 Å². The number of benzene rings is 4. The molecule has 1 aromatic heterocycles. The summed E-state index contributed by atoms with van der Waals surface area (Å²) in [6.45, 7) is 4.73.